The maximum atomic E-state index is 2.56. The molecule has 94 valence electrons. The maximum absolute atomic E-state index is 2.56. The van der Waals surface area contributed by atoms with Crippen molar-refractivity contribution in [2.24, 2.45) is 0 Å². The summed E-state index contributed by atoms with van der Waals surface area (Å²) in [5.41, 5.74) is 3.01. The first kappa shape index (κ1) is 12.4. The zero-order valence-electron chi connectivity index (χ0n) is 11.2. The molecule has 0 aliphatic carbocycles. The highest BCUT2D eigenvalue weighted by molar-refractivity contribution is 5.55. The van der Waals surface area contributed by atoms with Gasteiger partial charge in [0, 0.05) is 18.8 Å². The highest BCUT2D eigenvalue weighted by atomic mass is 15.1. The minimum atomic E-state index is 1.20. The quantitative estimate of drug-likeness (QED) is 0.720. The molecular weight excluding hydrogens is 208 g/mol. The number of para-hydroxylation sites is 1. The van der Waals surface area contributed by atoms with E-state index in [4.69, 9.17) is 0 Å². The lowest BCUT2D eigenvalue weighted by molar-refractivity contribution is 0.394. The van der Waals surface area contributed by atoms with Crippen molar-refractivity contribution in [2.45, 2.75) is 25.7 Å². The molecule has 0 aromatic heterocycles. The number of aryl methyl sites for hydroxylation is 1. The number of nitrogens with zero attached hydrogens (tertiary/aromatic N) is 2. The number of fused-ring (bicyclic) bond motifs is 1. The standard InChI is InChI=1S/C15H24N2/c1-16(2)11-5-6-12-17-13-7-9-14-8-3-4-10-15(14)17/h3-4,8,10H,5-7,9,11-13H2,1-2H3. The van der Waals surface area contributed by atoms with Gasteiger partial charge < -0.3 is 9.80 Å². The van der Waals surface area contributed by atoms with E-state index in [1.54, 1.807) is 0 Å². The van der Waals surface area contributed by atoms with Crippen LogP contribution in [0.5, 0.6) is 0 Å². The fourth-order valence-electron chi connectivity index (χ4n) is 2.57. The van der Waals surface area contributed by atoms with Crippen LogP contribution in [0.25, 0.3) is 0 Å². The number of anilines is 1. The second kappa shape index (κ2) is 6.06. The summed E-state index contributed by atoms with van der Waals surface area (Å²) in [6.07, 6.45) is 5.16. The van der Waals surface area contributed by atoms with Gasteiger partial charge >= 0.3 is 0 Å². The summed E-state index contributed by atoms with van der Waals surface area (Å²) in [7, 11) is 4.30. The van der Waals surface area contributed by atoms with Crippen molar-refractivity contribution in [3.8, 4) is 0 Å². The summed E-state index contributed by atoms with van der Waals surface area (Å²) in [5, 5.41) is 0. The topological polar surface area (TPSA) is 6.48 Å². The molecule has 0 saturated carbocycles. The van der Waals surface area contributed by atoms with E-state index in [9.17, 15) is 0 Å². The molecule has 0 saturated heterocycles. The Bertz CT molecular complexity index is 347. The number of hydrogen-bond acceptors (Lipinski definition) is 2. The smallest absolute Gasteiger partial charge is 0.0398 e. The molecule has 1 heterocycles. The van der Waals surface area contributed by atoms with Gasteiger partial charge in [0.1, 0.15) is 0 Å². The Balaban J connectivity index is 1.86. The van der Waals surface area contributed by atoms with Crippen molar-refractivity contribution < 1.29 is 0 Å². The van der Waals surface area contributed by atoms with Gasteiger partial charge in [-0.3, -0.25) is 0 Å². The number of hydrogen-bond donors (Lipinski definition) is 0. The van der Waals surface area contributed by atoms with Crippen molar-refractivity contribution >= 4 is 5.69 Å². The van der Waals surface area contributed by atoms with E-state index < -0.39 is 0 Å². The second-order valence-corrected chi connectivity index (χ2v) is 5.23. The van der Waals surface area contributed by atoms with Crippen LogP contribution < -0.4 is 4.90 Å². The summed E-state index contributed by atoms with van der Waals surface area (Å²) >= 11 is 0. The predicted octanol–water partition coefficient (Wildman–Crippen LogP) is 2.78. The van der Waals surface area contributed by atoms with E-state index >= 15 is 0 Å². The Morgan fingerprint density at radius 2 is 2.00 bits per heavy atom. The Hall–Kier alpha value is -1.02. The van der Waals surface area contributed by atoms with Gasteiger partial charge in [-0.2, -0.15) is 0 Å². The van der Waals surface area contributed by atoms with Crippen molar-refractivity contribution in [2.75, 3.05) is 38.6 Å². The molecule has 0 spiro atoms. The van der Waals surface area contributed by atoms with Crippen LogP contribution >= 0.6 is 0 Å². The zero-order valence-corrected chi connectivity index (χ0v) is 11.2. The zero-order chi connectivity index (χ0) is 12.1. The monoisotopic (exact) mass is 232 g/mol. The Labute approximate surface area is 105 Å². The summed E-state index contributed by atoms with van der Waals surface area (Å²) in [6.45, 7) is 3.65. The van der Waals surface area contributed by atoms with Gasteiger partial charge in [0.05, 0.1) is 0 Å². The van der Waals surface area contributed by atoms with Crippen LogP contribution in [0.2, 0.25) is 0 Å². The number of benzene rings is 1. The van der Waals surface area contributed by atoms with Gasteiger partial charge in [-0.05, 0) is 58.0 Å². The van der Waals surface area contributed by atoms with Gasteiger partial charge in [-0.25, -0.2) is 0 Å². The maximum Gasteiger partial charge on any atom is 0.0398 e. The molecule has 0 fully saturated rings. The second-order valence-electron chi connectivity index (χ2n) is 5.23. The Kier molecular flexibility index (Phi) is 4.43. The summed E-state index contributed by atoms with van der Waals surface area (Å²) in [6, 6.07) is 8.88. The molecule has 1 aliphatic heterocycles. The molecule has 17 heavy (non-hydrogen) atoms. The molecule has 2 nitrogen and oxygen atoms in total. The normalized spacial score (nSPS) is 15.1. The van der Waals surface area contributed by atoms with Crippen molar-refractivity contribution in [1.29, 1.82) is 0 Å². The third kappa shape index (κ3) is 3.47. The largest absolute Gasteiger partial charge is 0.371 e. The lowest BCUT2D eigenvalue weighted by Gasteiger charge is -2.31. The van der Waals surface area contributed by atoms with Crippen LogP contribution in [0.3, 0.4) is 0 Å². The molecule has 2 rings (SSSR count). The molecule has 0 radical (unpaired) electrons. The number of unbranched alkanes of at least 4 members (excludes halogenated alkanes) is 1. The van der Waals surface area contributed by atoms with Crippen molar-refractivity contribution in [3.63, 3.8) is 0 Å². The van der Waals surface area contributed by atoms with Gasteiger partial charge in [0.2, 0.25) is 0 Å². The first-order chi connectivity index (χ1) is 8.27. The van der Waals surface area contributed by atoms with Crippen molar-refractivity contribution in [1.82, 2.24) is 4.90 Å². The predicted molar refractivity (Wildman–Crippen MR) is 74.8 cm³/mol. The first-order valence-corrected chi connectivity index (χ1v) is 6.75. The van der Waals surface area contributed by atoms with Gasteiger partial charge in [-0.1, -0.05) is 18.2 Å². The lowest BCUT2D eigenvalue weighted by atomic mass is 10.0. The van der Waals surface area contributed by atoms with E-state index in [2.05, 4.69) is 48.2 Å². The summed E-state index contributed by atoms with van der Waals surface area (Å²) < 4.78 is 0. The molecule has 0 bridgehead atoms. The molecule has 0 amide bonds. The average molecular weight is 232 g/mol. The van der Waals surface area contributed by atoms with Crippen LogP contribution in [0.1, 0.15) is 24.8 Å². The summed E-state index contributed by atoms with van der Waals surface area (Å²) in [5.74, 6) is 0. The van der Waals surface area contributed by atoms with Gasteiger partial charge in [-0.15, -0.1) is 0 Å². The third-order valence-electron chi connectivity index (χ3n) is 3.49. The molecule has 1 aromatic rings. The van der Waals surface area contributed by atoms with Crippen LogP contribution in [-0.2, 0) is 6.42 Å². The Morgan fingerprint density at radius 3 is 2.82 bits per heavy atom. The van der Waals surface area contributed by atoms with E-state index in [0.717, 1.165) is 0 Å². The molecule has 0 unspecified atom stereocenters. The van der Waals surface area contributed by atoms with Crippen LogP contribution in [-0.4, -0.2) is 38.6 Å². The fourth-order valence-corrected chi connectivity index (χ4v) is 2.57. The van der Waals surface area contributed by atoms with Crippen molar-refractivity contribution in [3.05, 3.63) is 29.8 Å². The Morgan fingerprint density at radius 1 is 1.18 bits per heavy atom. The minimum Gasteiger partial charge on any atom is -0.371 e. The third-order valence-corrected chi connectivity index (χ3v) is 3.49. The average Bonchev–Trinajstić information content (AvgIpc) is 2.34. The van der Waals surface area contributed by atoms with E-state index in [1.807, 2.05) is 0 Å². The van der Waals surface area contributed by atoms with Gasteiger partial charge in [0.25, 0.3) is 0 Å². The SMILES string of the molecule is CN(C)CCCCN1CCCc2ccccc21. The fraction of sp³-hybridized carbons (Fsp3) is 0.600. The lowest BCUT2D eigenvalue weighted by Crippen LogP contribution is -2.30. The molecular formula is C15H24N2. The van der Waals surface area contributed by atoms with E-state index in [-0.39, 0.29) is 0 Å². The molecule has 1 aliphatic rings. The molecule has 1 aromatic carbocycles. The molecule has 0 N–H and O–H groups in total. The minimum absolute atomic E-state index is 1.20. The van der Waals surface area contributed by atoms with E-state index in [1.165, 1.54) is 56.6 Å². The van der Waals surface area contributed by atoms with Crippen LogP contribution in [0.15, 0.2) is 24.3 Å². The highest BCUT2D eigenvalue weighted by Crippen LogP contribution is 2.26. The van der Waals surface area contributed by atoms with Crippen LogP contribution in [0.4, 0.5) is 5.69 Å². The highest BCUT2D eigenvalue weighted by Gasteiger charge is 2.15. The first-order valence-electron chi connectivity index (χ1n) is 6.75. The van der Waals surface area contributed by atoms with Crippen LogP contribution in [0, 0.1) is 0 Å². The molecule has 2 heteroatoms. The van der Waals surface area contributed by atoms with Gasteiger partial charge in [0.15, 0.2) is 0 Å². The van der Waals surface area contributed by atoms with E-state index in [0.29, 0.717) is 0 Å². The molecule has 0 atom stereocenters. The summed E-state index contributed by atoms with van der Waals surface area (Å²) in [4.78, 5) is 4.83. The number of rotatable bonds is 5.